The summed E-state index contributed by atoms with van der Waals surface area (Å²) in [6.45, 7) is 10.0. The average molecular weight is 486 g/mol. The van der Waals surface area contributed by atoms with Crippen molar-refractivity contribution in [3.05, 3.63) is 71.7 Å². The Kier molecular flexibility index (Phi) is 5.99. The first-order valence-electron chi connectivity index (χ1n) is 12.1. The van der Waals surface area contributed by atoms with E-state index in [2.05, 4.69) is 51.7 Å². The van der Waals surface area contributed by atoms with E-state index in [1.54, 1.807) is 12.5 Å². The number of furan rings is 1. The zero-order chi connectivity index (χ0) is 25.4. The monoisotopic (exact) mass is 485 g/mol. The molecule has 1 saturated carbocycles. The highest BCUT2D eigenvalue weighted by Crippen LogP contribution is 2.29. The molecule has 36 heavy (non-hydrogen) atoms. The molecule has 0 aliphatic heterocycles. The minimum atomic E-state index is -0.281. The summed E-state index contributed by atoms with van der Waals surface area (Å²) in [6.07, 6.45) is 7.44. The summed E-state index contributed by atoms with van der Waals surface area (Å²) >= 11 is 0. The van der Waals surface area contributed by atoms with E-state index < -0.39 is 0 Å². The van der Waals surface area contributed by atoms with Gasteiger partial charge in [0.2, 0.25) is 5.95 Å². The van der Waals surface area contributed by atoms with E-state index in [1.165, 1.54) is 12.8 Å². The highest BCUT2D eigenvalue weighted by Gasteiger charge is 2.24. The first-order valence-corrected chi connectivity index (χ1v) is 12.1. The second-order valence-corrected chi connectivity index (χ2v) is 10.3. The van der Waals surface area contributed by atoms with E-state index in [1.807, 2.05) is 54.9 Å². The number of hydrogen-bond donors (Lipinski definition) is 3. The fraction of sp³-hybridized carbons (Fsp3) is 0.333. The lowest BCUT2D eigenvalue weighted by Gasteiger charge is -2.14. The number of imidazole rings is 1. The molecular weight excluding hydrogens is 454 g/mol. The van der Waals surface area contributed by atoms with Crippen LogP contribution in [0.1, 0.15) is 61.1 Å². The van der Waals surface area contributed by atoms with Crippen molar-refractivity contribution in [3.8, 4) is 5.82 Å². The van der Waals surface area contributed by atoms with Crippen molar-refractivity contribution >= 4 is 29.0 Å². The fourth-order valence-corrected chi connectivity index (χ4v) is 3.80. The summed E-state index contributed by atoms with van der Waals surface area (Å²) in [5.41, 5.74) is 3.11. The summed E-state index contributed by atoms with van der Waals surface area (Å²) in [5.74, 6) is 2.93. The number of aryl methyl sites for hydroxylation is 2. The number of amides is 1. The highest BCUT2D eigenvalue weighted by molar-refractivity contribution is 6.03. The van der Waals surface area contributed by atoms with E-state index in [0.29, 0.717) is 29.3 Å². The Morgan fingerprint density at radius 3 is 2.58 bits per heavy atom. The van der Waals surface area contributed by atoms with Crippen LogP contribution in [-0.4, -0.2) is 31.5 Å². The smallest absolute Gasteiger partial charge is 0.291 e. The Hall–Kier alpha value is -4.14. The van der Waals surface area contributed by atoms with Crippen LogP contribution in [0.4, 0.5) is 23.1 Å². The molecule has 1 aliphatic carbocycles. The number of anilines is 4. The summed E-state index contributed by atoms with van der Waals surface area (Å²) in [7, 11) is 0. The van der Waals surface area contributed by atoms with Gasteiger partial charge in [0, 0.05) is 46.9 Å². The van der Waals surface area contributed by atoms with Crippen LogP contribution in [0.2, 0.25) is 0 Å². The molecule has 3 N–H and O–H groups in total. The molecule has 9 nitrogen and oxygen atoms in total. The minimum absolute atomic E-state index is 0.176. The predicted molar refractivity (Wildman–Crippen MR) is 140 cm³/mol. The Balaban J connectivity index is 1.35. The van der Waals surface area contributed by atoms with Gasteiger partial charge in [0.15, 0.2) is 5.76 Å². The molecule has 1 aromatic carbocycles. The zero-order valence-electron chi connectivity index (χ0n) is 21.2. The average Bonchev–Trinajstić information content (AvgIpc) is 3.35. The maximum Gasteiger partial charge on any atom is 0.291 e. The molecule has 3 aromatic heterocycles. The lowest BCUT2D eigenvalue weighted by Crippen LogP contribution is -2.13. The van der Waals surface area contributed by atoms with Gasteiger partial charge in [0.1, 0.15) is 23.7 Å². The lowest BCUT2D eigenvalue weighted by atomic mass is 9.93. The molecular formula is C27H31N7O2. The molecule has 186 valence electrons. The molecule has 0 saturated heterocycles. The highest BCUT2D eigenvalue weighted by atomic mass is 16.4. The van der Waals surface area contributed by atoms with Gasteiger partial charge in [-0.05, 0) is 50.5 Å². The van der Waals surface area contributed by atoms with Crippen molar-refractivity contribution in [1.82, 2.24) is 19.5 Å². The summed E-state index contributed by atoms with van der Waals surface area (Å²) in [6, 6.07) is 10.0. The molecule has 0 bridgehead atoms. The van der Waals surface area contributed by atoms with Gasteiger partial charge in [-0.3, -0.25) is 9.36 Å². The van der Waals surface area contributed by atoms with Gasteiger partial charge in [0.05, 0.1) is 0 Å². The van der Waals surface area contributed by atoms with Crippen LogP contribution in [0, 0.1) is 13.8 Å². The molecule has 9 heteroatoms. The SMILES string of the molecule is Cc1ccc(NC(=O)c2oc(C(C)(C)C)cc2C)cc1Nc1nccn1-c1cc(NC2CC2)ncn1. The van der Waals surface area contributed by atoms with E-state index in [0.717, 1.165) is 28.4 Å². The normalized spacial score (nSPS) is 13.5. The van der Waals surface area contributed by atoms with Crippen LogP contribution in [0.25, 0.3) is 5.82 Å². The van der Waals surface area contributed by atoms with Crippen LogP contribution in [0.5, 0.6) is 0 Å². The topological polar surface area (TPSA) is 110 Å². The van der Waals surface area contributed by atoms with Crippen molar-refractivity contribution in [2.24, 2.45) is 0 Å². The van der Waals surface area contributed by atoms with Crippen molar-refractivity contribution in [2.75, 3.05) is 16.0 Å². The number of aromatic nitrogens is 4. The number of rotatable bonds is 7. The van der Waals surface area contributed by atoms with Gasteiger partial charge in [-0.25, -0.2) is 15.0 Å². The van der Waals surface area contributed by atoms with Gasteiger partial charge >= 0.3 is 0 Å². The van der Waals surface area contributed by atoms with E-state index in [-0.39, 0.29) is 11.3 Å². The number of benzene rings is 1. The second kappa shape index (κ2) is 9.14. The van der Waals surface area contributed by atoms with E-state index in [4.69, 9.17) is 4.42 Å². The van der Waals surface area contributed by atoms with E-state index >= 15 is 0 Å². The van der Waals surface area contributed by atoms with Crippen LogP contribution in [0.3, 0.4) is 0 Å². The van der Waals surface area contributed by atoms with Gasteiger partial charge in [0.25, 0.3) is 5.91 Å². The minimum Gasteiger partial charge on any atom is -0.455 e. The number of carbonyl (C=O) groups excluding carboxylic acids is 1. The second-order valence-electron chi connectivity index (χ2n) is 10.3. The molecule has 0 spiro atoms. The quantitative estimate of drug-likeness (QED) is 0.306. The Labute approximate surface area is 210 Å². The molecule has 1 aliphatic rings. The first-order chi connectivity index (χ1) is 17.2. The molecule has 4 aromatic rings. The third-order valence-electron chi connectivity index (χ3n) is 6.07. The number of nitrogens with zero attached hydrogens (tertiary/aromatic N) is 4. The molecule has 1 amide bonds. The van der Waals surface area contributed by atoms with Crippen molar-refractivity contribution in [3.63, 3.8) is 0 Å². The number of nitrogens with one attached hydrogen (secondary N) is 3. The summed E-state index contributed by atoms with van der Waals surface area (Å²) < 4.78 is 7.76. The molecule has 3 heterocycles. The zero-order valence-corrected chi connectivity index (χ0v) is 21.2. The van der Waals surface area contributed by atoms with Crippen molar-refractivity contribution in [1.29, 1.82) is 0 Å². The molecule has 1 fully saturated rings. The van der Waals surface area contributed by atoms with Crippen molar-refractivity contribution in [2.45, 2.75) is 58.9 Å². The molecule has 0 atom stereocenters. The summed E-state index contributed by atoms with van der Waals surface area (Å²) in [5, 5.41) is 9.73. The number of carbonyl (C=O) groups is 1. The first kappa shape index (κ1) is 23.6. The molecule has 5 rings (SSSR count). The van der Waals surface area contributed by atoms with Crippen LogP contribution in [-0.2, 0) is 5.41 Å². The Bertz CT molecular complexity index is 1410. The maximum absolute atomic E-state index is 13.0. The maximum atomic E-state index is 13.0. The van der Waals surface area contributed by atoms with Gasteiger partial charge in [-0.15, -0.1) is 0 Å². The van der Waals surface area contributed by atoms with Crippen LogP contribution < -0.4 is 16.0 Å². The third kappa shape index (κ3) is 5.10. The summed E-state index contributed by atoms with van der Waals surface area (Å²) in [4.78, 5) is 26.2. The van der Waals surface area contributed by atoms with Crippen molar-refractivity contribution < 1.29 is 9.21 Å². The standard InChI is InChI=1S/C27H31N7O2/c1-16-6-7-19(32-25(35)24-17(2)12-21(36-24)27(3,4)5)13-20(16)33-26-28-10-11-34(26)23-14-22(29-15-30-23)31-18-8-9-18/h6-7,10-15,18H,8-9H2,1-5H3,(H,28,33)(H,32,35)(H,29,30,31). The van der Waals surface area contributed by atoms with Gasteiger partial charge < -0.3 is 20.4 Å². The van der Waals surface area contributed by atoms with Gasteiger partial charge in [-0.2, -0.15) is 0 Å². The molecule has 0 unspecified atom stereocenters. The van der Waals surface area contributed by atoms with Crippen LogP contribution >= 0.6 is 0 Å². The van der Waals surface area contributed by atoms with E-state index in [9.17, 15) is 4.79 Å². The third-order valence-corrected chi connectivity index (χ3v) is 6.07. The van der Waals surface area contributed by atoms with Gasteiger partial charge in [-0.1, -0.05) is 26.8 Å². The fourth-order valence-electron chi connectivity index (χ4n) is 3.80. The molecule has 0 radical (unpaired) electrons. The number of hydrogen-bond acceptors (Lipinski definition) is 7. The lowest BCUT2D eigenvalue weighted by molar-refractivity contribution is 0.0992. The van der Waals surface area contributed by atoms with Crippen LogP contribution in [0.15, 0.2) is 53.5 Å². The Morgan fingerprint density at radius 1 is 1.06 bits per heavy atom. The largest absolute Gasteiger partial charge is 0.455 e. The predicted octanol–water partition coefficient (Wildman–Crippen LogP) is 5.74. The Morgan fingerprint density at radius 2 is 1.86 bits per heavy atom.